The maximum absolute atomic E-state index is 5.93. The van der Waals surface area contributed by atoms with Gasteiger partial charge in [0.2, 0.25) is 0 Å². The Morgan fingerprint density at radius 1 is 0.739 bits per heavy atom. The van der Waals surface area contributed by atoms with Crippen molar-refractivity contribution in [3.63, 3.8) is 0 Å². The zero-order valence-electron chi connectivity index (χ0n) is 13.8. The minimum atomic E-state index is 0.587. The fourth-order valence-electron chi connectivity index (χ4n) is 2.85. The van der Waals surface area contributed by atoms with Gasteiger partial charge in [0.05, 0.1) is 0 Å². The van der Waals surface area contributed by atoms with Gasteiger partial charge in [-0.25, -0.2) is 0 Å². The highest BCUT2D eigenvalue weighted by atomic mass is 16.6. The van der Waals surface area contributed by atoms with Crippen molar-refractivity contribution in [2.75, 3.05) is 31.2 Å². The SMILES string of the molecule is CCN(CC)c1ccc(C2=C(c3ccccc3)OCCO2)cc1. The Morgan fingerprint density at radius 2 is 1.26 bits per heavy atom. The Labute approximate surface area is 138 Å². The summed E-state index contributed by atoms with van der Waals surface area (Å²) in [5, 5.41) is 0. The van der Waals surface area contributed by atoms with Gasteiger partial charge in [-0.1, -0.05) is 30.3 Å². The molecule has 3 nitrogen and oxygen atoms in total. The van der Waals surface area contributed by atoms with Crippen molar-refractivity contribution in [2.45, 2.75) is 13.8 Å². The third kappa shape index (κ3) is 3.34. The van der Waals surface area contributed by atoms with Crippen molar-refractivity contribution in [3.8, 4) is 0 Å². The van der Waals surface area contributed by atoms with Gasteiger partial charge in [0, 0.05) is 29.9 Å². The van der Waals surface area contributed by atoms with Crippen LogP contribution in [0.4, 0.5) is 5.69 Å². The maximum atomic E-state index is 5.93. The van der Waals surface area contributed by atoms with Gasteiger partial charge in [-0.15, -0.1) is 0 Å². The van der Waals surface area contributed by atoms with Crippen LogP contribution in [0.15, 0.2) is 54.6 Å². The lowest BCUT2D eigenvalue weighted by molar-refractivity contribution is 0.143. The first-order chi connectivity index (χ1) is 11.3. The molecule has 0 fully saturated rings. The highest BCUT2D eigenvalue weighted by Gasteiger charge is 2.19. The smallest absolute Gasteiger partial charge is 0.169 e. The minimum absolute atomic E-state index is 0.587. The summed E-state index contributed by atoms with van der Waals surface area (Å²) in [6, 6.07) is 18.7. The van der Waals surface area contributed by atoms with Crippen LogP contribution in [-0.4, -0.2) is 26.3 Å². The number of rotatable bonds is 5. The van der Waals surface area contributed by atoms with E-state index in [0.29, 0.717) is 13.2 Å². The van der Waals surface area contributed by atoms with E-state index >= 15 is 0 Å². The average Bonchev–Trinajstić information content (AvgIpc) is 2.64. The predicted molar refractivity (Wildman–Crippen MR) is 95.2 cm³/mol. The monoisotopic (exact) mass is 309 g/mol. The lowest BCUT2D eigenvalue weighted by atomic mass is 10.1. The second kappa shape index (κ2) is 7.23. The van der Waals surface area contributed by atoms with E-state index in [-0.39, 0.29) is 0 Å². The van der Waals surface area contributed by atoms with Crippen molar-refractivity contribution < 1.29 is 9.47 Å². The molecule has 120 valence electrons. The Balaban J connectivity index is 1.96. The summed E-state index contributed by atoms with van der Waals surface area (Å²) in [5.74, 6) is 1.65. The lowest BCUT2D eigenvalue weighted by Crippen LogP contribution is -2.21. The van der Waals surface area contributed by atoms with Gasteiger partial charge in [0.1, 0.15) is 13.2 Å². The summed E-state index contributed by atoms with van der Waals surface area (Å²) in [5.41, 5.74) is 3.34. The van der Waals surface area contributed by atoms with E-state index in [2.05, 4.69) is 43.0 Å². The molecule has 0 saturated heterocycles. The van der Waals surface area contributed by atoms with E-state index in [1.807, 2.05) is 30.3 Å². The molecule has 0 aromatic heterocycles. The van der Waals surface area contributed by atoms with Gasteiger partial charge in [-0.3, -0.25) is 0 Å². The summed E-state index contributed by atoms with van der Waals surface area (Å²) in [6.45, 7) is 7.53. The molecule has 0 spiro atoms. The van der Waals surface area contributed by atoms with Gasteiger partial charge in [0.15, 0.2) is 11.5 Å². The summed E-state index contributed by atoms with van der Waals surface area (Å²) in [7, 11) is 0. The molecule has 3 rings (SSSR count). The third-order valence-electron chi connectivity index (χ3n) is 4.08. The Hall–Kier alpha value is -2.42. The standard InChI is InChI=1S/C20H23NO2/c1-3-21(4-2)18-12-10-17(11-13-18)20-19(22-14-15-23-20)16-8-6-5-7-9-16/h5-13H,3-4,14-15H2,1-2H3. The fourth-order valence-corrected chi connectivity index (χ4v) is 2.85. The van der Waals surface area contributed by atoms with Gasteiger partial charge < -0.3 is 14.4 Å². The van der Waals surface area contributed by atoms with E-state index in [1.54, 1.807) is 0 Å². The van der Waals surface area contributed by atoms with Crippen LogP contribution in [0.2, 0.25) is 0 Å². The zero-order chi connectivity index (χ0) is 16.1. The summed E-state index contributed by atoms with van der Waals surface area (Å²) in [6.07, 6.45) is 0. The number of anilines is 1. The molecule has 2 aromatic carbocycles. The van der Waals surface area contributed by atoms with Crippen LogP contribution in [0.5, 0.6) is 0 Å². The molecule has 0 bridgehead atoms. The van der Waals surface area contributed by atoms with Crippen LogP contribution < -0.4 is 4.90 Å². The Morgan fingerprint density at radius 3 is 1.78 bits per heavy atom. The molecule has 0 aliphatic carbocycles. The number of ether oxygens (including phenoxy) is 2. The molecule has 23 heavy (non-hydrogen) atoms. The third-order valence-corrected chi connectivity index (χ3v) is 4.08. The Kier molecular flexibility index (Phi) is 4.86. The highest BCUT2D eigenvalue weighted by molar-refractivity contribution is 5.84. The fraction of sp³-hybridized carbons (Fsp3) is 0.300. The van der Waals surface area contributed by atoms with Crippen LogP contribution in [0.25, 0.3) is 11.5 Å². The maximum Gasteiger partial charge on any atom is 0.169 e. The minimum Gasteiger partial charge on any atom is -0.485 e. The number of benzene rings is 2. The van der Waals surface area contributed by atoms with Crippen molar-refractivity contribution in [1.82, 2.24) is 0 Å². The molecular weight excluding hydrogens is 286 g/mol. The second-order valence-corrected chi connectivity index (χ2v) is 5.44. The first kappa shape index (κ1) is 15.5. The van der Waals surface area contributed by atoms with E-state index in [4.69, 9.17) is 9.47 Å². The Bertz CT molecular complexity index is 658. The van der Waals surface area contributed by atoms with Crippen molar-refractivity contribution >= 4 is 17.2 Å². The van der Waals surface area contributed by atoms with Gasteiger partial charge in [0.25, 0.3) is 0 Å². The predicted octanol–water partition coefficient (Wildman–Crippen LogP) is 4.41. The molecule has 3 heteroatoms. The summed E-state index contributed by atoms with van der Waals surface area (Å²) >= 11 is 0. The number of nitrogens with zero attached hydrogens (tertiary/aromatic N) is 1. The normalized spacial score (nSPS) is 14.2. The van der Waals surface area contributed by atoms with Crippen molar-refractivity contribution in [3.05, 3.63) is 65.7 Å². The van der Waals surface area contributed by atoms with E-state index in [1.165, 1.54) is 5.69 Å². The largest absolute Gasteiger partial charge is 0.485 e. The molecule has 1 aliphatic rings. The number of hydrogen-bond donors (Lipinski definition) is 0. The van der Waals surface area contributed by atoms with Crippen molar-refractivity contribution in [2.24, 2.45) is 0 Å². The molecule has 0 saturated carbocycles. The lowest BCUT2D eigenvalue weighted by Gasteiger charge is -2.24. The molecule has 0 atom stereocenters. The van der Waals surface area contributed by atoms with Crippen LogP contribution in [0.3, 0.4) is 0 Å². The molecule has 0 radical (unpaired) electrons. The molecule has 0 amide bonds. The van der Waals surface area contributed by atoms with E-state index in [9.17, 15) is 0 Å². The van der Waals surface area contributed by atoms with Gasteiger partial charge in [-0.2, -0.15) is 0 Å². The first-order valence-electron chi connectivity index (χ1n) is 8.24. The summed E-state index contributed by atoms with van der Waals surface area (Å²) < 4.78 is 11.8. The number of hydrogen-bond acceptors (Lipinski definition) is 3. The molecule has 1 aliphatic heterocycles. The molecule has 1 heterocycles. The van der Waals surface area contributed by atoms with Crippen LogP contribution >= 0.6 is 0 Å². The molecular formula is C20H23NO2. The average molecular weight is 309 g/mol. The van der Waals surface area contributed by atoms with Crippen LogP contribution in [0, 0.1) is 0 Å². The first-order valence-corrected chi connectivity index (χ1v) is 8.24. The zero-order valence-corrected chi connectivity index (χ0v) is 13.8. The van der Waals surface area contributed by atoms with E-state index < -0.39 is 0 Å². The molecule has 0 N–H and O–H groups in total. The van der Waals surface area contributed by atoms with Gasteiger partial charge in [-0.05, 0) is 38.1 Å². The highest BCUT2D eigenvalue weighted by Crippen LogP contribution is 2.32. The van der Waals surface area contributed by atoms with Gasteiger partial charge >= 0.3 is 0 Å². The molecule has 0 unspecified atom stereocenters. The van der Waals surface area contributed by atoms with Crippen LogP contribution in [0.1, 0.15) is 25.0 Å². The van der Waals surface area contributed by atoms with Crippen molar-refractivity contribution in [1.29, 1.82) is 0 Å². The topological polar surface area (TPSA) is 21.7 Å². The quantitative estimate of drug-likeness (QED) is 0.817. The second-order valence-electron chi connectivity index (χ2n) is 5.44. The summed E-state index contributed by atoms with van der Waals surface area (Å²) in [4.78, 5) is 2.33. The van der Waals surface area contributed by atoms with E-state index in [0.717, 1.165) is 35.7 Å². The molecule has 2 aromatic rings. The van der Waals surface area contributed by atoms with Crippen LogP contribution in [-0.2, 0) is 9.47 Å².